The molecule has 24 heavy (non-hydrogen) atoms. The molecule has 2 fully saturated rings. The average Bonchev–Trinajstić information content (AvgIpc) is 2.82. The molecule has 2 saturated heterocycles. The number of hydrogen-bond acceptors (Lipinski definition) is 2. The first kappa shape index (κ1) is 16.4. The van der Waals surface area contributed by atoms with Gasteiger partial charge in [-0.3, -0.25) is 4.90 Å². The average molecular weight is 361 g/mol. The Labute approximate surface area is 153 Å². The molecule has 2 aliphatic heterocycles. The summed E-state index contributed by atoms with van der Waals surface area (Å²) in [4.78, 5) is 2.63. The third-order valence-corrected chi connectivity index (χ3v) is 6.21. The smallest absolute Gasteiger partial charge is 0.0636 e. The molecule has 2 nitrogen and oxygen atoms in total. The van der Waals surface area contributed by atoms with Gasteiger partial charge in [-0.15, -0.1) is 0 Å². The van der Waals surface area contributed by atoms with E-state index in [2.05, 4.69) is 29.2 Å². The van der Waals surface area contributed by atoms with Crippen molar-refractivity contribution in [2.24, 2.45) is 5.73 Å². The van der Waals surface area contributed by atoms with Crippen LogP contribution in [-0.2, 0) is 0 Å². The lowest BCUT2D eigenvalue weighted by Gasteiger charge is -2.43. The van der Waals surface area contributed by atoms with Gasteiger partial charge in [0.2, 0.25) is 0 Å². The van der Waals surface area contributed by atoms with Crippen LogP contribution in [0.5, 0.6) is 0 Å². The fourth-order valence-electron chi connectivity index (χ4n) is 4.56. The summed E-state index contributed by atoms with van der Waals surface area (Å²) in [6, 6.07) is 17.7. The maximum Gasteiger partial charge on any atom is 0.0636 e. The highest BCUT2D eigenvalue weighted by Crippen LogP contribution is 2.46. The van der Waals surface area contributed by atoms with E-state index in [1.807, 2.05) is 24.3 Å². The lowest BCUT2D eigenvalue weighted by molar-refractivity contribution is 0.0948. The summed E-state index contributed by atoms with van der Waals surface area (Å²) in [5, 5.41) is 1.60. The van der Waals surface area contributed by atoms with Crippen LogP contribution in [0, 0.1) is 0 Å². The number of nitrogens with two attached hydrogens (primary N) is 1. The maximum atomic E-state index is 6.59. The minimum absolute atomic E-state index is 0.0948. The van der Waals surface area contributed by atoms with Gasteiger partial charge in [0.05, 0.1) is 6.04 Å². The van der Waals surface area contributed by atoms with Crippen molar-refractivity contribution in [3.63, 3.8) is 0 Å². The van der Waals surface area contributed by atoms with Crippen LogP contribution in [0.4, 0.5) is 0 Å². The molecule has 2 aromatic rings. The largest absolute Gasteiger partial charge is 0.328 e. The van der Waals surface area contributed by atoms with E-state index >= 15 is 0 Å². The van der Waals surface area contributed by atoms with E-state index in [-0.39, 0.29) is 6.04 Å². The Bertz CT molecular complexity index is 674. The van der Waals surface area contributed by atoms with E-state index in [4.69, 9.17) is 28.9 Å². The summed E-state index contributed by atoms with van der Waals surface area (Å²) >= 11 is 13.2. The first-order valence-corrected chi connectivity index (χ1v) is 9.42. The Morgan fingerprint density at radius 1 is 0.833 bits per heavy atom. The molecule has 2 aliphatic rings. The number of halogens is 2. The zero-order valence-electron chi connectivity index (χ0n) is 13.5. The van der Waals surface area contributed by atoms with Gasteiger partial charge in [0.15, 0.2) is 0 Å². The molecule has 2 N–H and O–H groups in total. The third-order valence-electron chi connectivity index (χ3n) is 5.52. The first-order chi connectivity index (χ1) is 11.6. The van der Waals surface area contributed by atoms with Gasteiger partial charge in [-0.05, 0) is 48.9 Å². The molecule has 4 rings (SSSR count). The number of benzene rings is 2. The Balaban J connectivity index is 1.83. The molecule has 2 unspecified atom stereocenters. The van der Waals surface area contributed by atoms with E-state index in [1.165, 1.54) is 12.8 Å². The van der Waals surface area contributed by atoms with Crippen LogP contribution in [0.3, 0.4) is 0 Å². The summed E-state index contributed by atoms with van der Waals surface area (Å²) in [5.41, 5.74) is 8.55. The first-order valence-electron chi connectivity index (χ1n) is 8.67. The van der Waals surface area contributed by atoms with Crippen molar-refractivity contribution in [1.29, 1.82) is 0 Å². The molecule has 0 aliphatic carbocycles. The van der Waals surface area contributed by atoms with Gasteiger partial charge in [0, 0.05) is 28.2 Å². The monoisotopic (exact) mass is 360 g/mol. The van der Waals surface area contributed by atoms with Gasteiger partial charge >= 0.3 is 0 Å². The lowest BCUT2D eigenvalue weighted by atomic mass is 9.90. The maximum absolute atomic E-state index is 6.59. The van der Waals surface area contributed by atoms with E-state index in [1.54, 1.807) is 0 Å². The van der Waals surface area contributed by atoms with Crippen molar-refractivity contribution < 1.29 is 0 Å². The van der Waals surface area contributed by atoms with Crippen molar-refractivity contribution in [2.45, 2.75) is 49.9 Å². The predicted molar refractivity (Wildman–Crippen MR) is 101 cm³/mol. The van der Waals surface area contributed by atoms with Gasteiger partial charge in [-0.2, -0.15) is 0 Å². The van der Waals surface area contributed by atoms with Crippen LogP contribution in [0.15, 0.2) is 48.5 Å². The molecule has 0 amide bonds. The summed E-state index contributed by atoms with van der Waals surface area (Å²) in [6.45, 7) is 0. The Kier molecular flexibility index (Phi) is 4.57. The standard InChI is InChI=1S/C20H22Cl2N2/c21-18-7-3-1-5-16(18)20(17-6-2-4-8-19(17)22)24-14-9-10-15(24)12-13(23)11-14/h1-8,13-15,20H,9-12,23H2. The SMILES string of the molecule is NC1CC2CCC(C1)N2C(c1ccccc1Cl)c1ccccc1Cl. The molecular weight excluding hydrogens is 339 g/mol. The highest BCUT2D eigenvalue weighted by atomic mass is 35.5. The zero-order valence-corrected chi connectivity index (χ0v) is 15.0. The highest BCUT2D eigenvalue weighted by molar-refractivity contribution is 6.32. The summed E-state index contributed by atoms with van der Waals surface area (Å²) in [6.07, 6.45) is 4.54. The number of fused-ring (bicyclic) bond motifs is 2. The van der Waals surface area contributed by atoms with Crippen LogP contribution in [0.25, 0.3) is 0 Å². The highest BCUT2D eigenvalue weighted by Gasteiger charge is 2.44. The molecule has 4 heteroatoms. The molecule has 126 valence electrons. The second kappa shape index (κ2) is 6.68. The molecule has 0 radical (unpaired) electrons. The molecule has 2 atom stereocenters. The molecule has 2 aromatic carbocycles. The topological polar surface area (TPSA) is 29.3 Å². The van der Waals surface area contributed by atoms with Crippen LogP contribution < -0.4 is 5.73 Å². The van der Waals surface area contributed by atoms with Crippen molar-refractivity contribution >= 4 is 23.2 Å². The molecular formula is C20H22Cl2N2. The summed E-state index contributed by atoms with van der Waals surface area (Å²) < 4.78 is 0. The van der Waals surface area contributed by atoms with Gasteiger partial charge in [-0.25, -0.2) is 0 Å². The second-order valence-corrected chi connectivity index (χ2v) is 7.82. The molecule has 0 saturated carbocycles. The lowest BCUT2D eigenvalue weighted by Crippen LogP contribution is -2.49. The third kappa shape index (κ3) is 2.86. The molecule has 0 aromatic heterocycles. The Hall–Kier alpha value is -1.06. The van der Waals surface area contributed by atoms with Crippen LogP contribution in [0.2, 0.25) is 10.0 Å². The molecule has 2 heterocycles. The van der Waals surface area contributed by atoms with Gasteiger partial charge in [-0.1, -0.05) is 59.6 Å². The van der Waals surface area contributed by atoms with E-state index in [0.717, 1.165) is 34.0 Å². The number of hydrogen-bond donors (Lipinski definition) is 1. The van der Waals surface area contributed by atoms with Crippen molar-refractivity contribution in [1.82, 2.24) is 4.90 Å². The number of rotatable bonds is 3. The van der Waals surface area contributed by atoms with E-state index in [0.29, 0.717) is 18.1 Å². The minimum Gasteiger partial charge on any atom is -0.328 e. The summed E-state index contributed by atoms with van der Waals surface area (Å²) in [7, 11) is 0. The minimum atomic E-state index is 0.0948. The van der Waals surface area contributed by atoms with Crippen LogP contribution in [0.1, 0.15) is 42.9 Å². The quantitative estimate of drug-likeness (QED) is 0.830. The van der Waals surface area contributed by atoms with Gasteiger partial charge < -0.3 is 5.73 Å². The van der Waals surface area contributed by atoms with E-state index < -0.39 is 0 Å². The normalized spacial score (nSPS) is 26.9. The van der Waals surface area contributed by atoms with Crippen LogP contribution >= 0.6 is 23.2 Å². The molecule has 2 bridgehead atoms. The number of nitrogens with zero attached hydrogens (tertiary/aromatic N) is 1. The fourth-order valence-corrected chi connectivity index (χ4v) is 5.04. The molecule has 0 spiro atoms. The zero-order chi connectivity index (χ0) is 16.7. The summed E-state index contributed by atoms with van der Waals surface area (Å²) in [5.74, 6) is 0. The van der Waals surface area contributed by atoms with Crippen LogP contribution in [-0.4, -0.2) is 23.0 Å². The Morgan fingerprint density at radius 3 is 1.75 bits per heavy atom. The van der Waals surface area contributed by atoms with Crippen molar-refractivity contribution in [3.05, 3.63) is 69.7 Å². The number of piperidine rings is 1. The second-order valence-electron chi connectivity index (χ2n) is 7.01. The van der Waals surface area contributed by atoms with Gasteiger partial charge in [0.25, 0.3) is 0 Å². The predicted octanol–water partition coefficient (Wildman–Crippen LogP) is 5.04. The fraction of sp³-hybridized carbons (Fsp3) is 0.400. The van der Waals surface area contributed by atoms with E-state index in [9.17, 15) is 0 Å². The van der Waals surface area contributed by atoms with Crippen molar-refractivity contribution in [2.75, 3.05) is 0 Å². The Morgan fingerprint density at radius 2 is 1.29 bits per heavy atom. The van der Waals surface area contributed by atoms with Gasteiger partial charge in [0.1, 0.15) is 0 Å². The van der Waals surface area contributed by atoms with Crippen molar-refractivity contribution in [3.8, 4) is 0 Å².